The molecular formula is C43H39ClF8N6O5S2. The highest BCUT2D eigenvalue weighted by atomic mass is 35.5. The second kappa shape index (κ2) is 16.7. The smallest absolute Gasteiger partial charge is 0.293 e. The molecule has 1 N–H and O–H groups in total. The Kier molecular flexibility index (Phi) is 11.9. The number of halogens is 9. The molecule has 8 rings (SSSR count). The van der Waals surface area contributed by atoms with Crippen LogP contribution in [-0.4, -0.2) is 69.3 Å². The van der Waals surface area contributed by atoms with E-state index >= 15 is 8.78 Å². The SMILES string of the molecule is CCS(=O)(=O)Nc1nn(CC(F)F)c2c(-c3ccc(C#CC(C)(C)S(=O)(=O)C4CC4)nc3[C@@H](CC(=O)Cn3nc(C(F)F)c4c3C(F)(F)[C@@H]3C[C@H]43)Cc3cc(F)cc(F)c3)ccc(Cl)c12. The molecule has 3 aliphatic rings. The largest absolute Gasteiger partial charge is 0.298 e. The Morgan fingerprint density at radius 2 is 1.65 bits per heavy atom. The van der Waals surface area contributed by atoms with Gasteiger partial charge in [0, 0.05) is 41.0 Å². The first-order valence-electron chi connectivity index (χ1n) is 20.4. The zero-order valence-corrected chi connectivity index (χ0v) is 37.0. The molecule has 11 nitrogen and oxygen atoms in total. The number of sulfone groups is 1. The van der Waals surface area contributed by atoms with Crippen molar-refractivity contribution in [3.63, 3.8) is 0 Å². The number of sulfonamides is 1. The van der Waals surface area contributed by atoms with E-state index < -0.39 is 133 Å². The summed E-state index contributed by atoms with van der Waals surface area (Å²) in [4.78, 5) is 19.0. The van der Waals surface area contributed by atoms with Gasteiger partial charge < -0.3 is 0 Å². The minimum absolute atomic E-state index is 0.0203. The first-order valence-corrected chi connectivity index (χ1v) is 24.0. The van der Waals surface area contributed by atoms with Gasteiger partial charge in [-0.25, -0.2) is 48.2 Å². The van der Waals surface area contributed by atoms with Crippen LogP contribution in [0.3, 0.4) is 0 Å². The Hall–Kier alpha value is -5.07. The predicted molar refractivity (Wildman–Crippen MR) is 224 cm³/mol. The van der Waals surface area contributed by atoms with Crippen molar-refractivity contribution in [1.29, 1.82) is 0 Å². The molecule has 0 saturated heterocycles. The van der Waals surface area contributed by atoms with Gasteiger partial charge in [-0.2, -0.15) is 19.0 Å². The topological polar surface area (TPSA) is 146 Å². The highest BCUT2D eigenvalue weighted by Crippen LogP contribution is 2.68. The summed E-state index contributed by atoms with van der Waals surface area (Å²) in [5, 5.41) is 7.10. The van der Waals surface area contributed by atoms with Crippen molar-refractivity contribution in [3.05, 3.63) is 93.0 Å². The number of Topliss-reactive ketones (excluding diaryl/α,β-unsaturated/α-hetero) is 1. The molecule has 5 aromatic rings. The molecule has 2 saturated carbocycles. The van der Waals surface area contributed by atoms with Gasteiger partial charge >= 0.3 is 0 Å². The van der Waals surface area contributed by atoms with Gasteiger partial charge in [0.1, 0.15) is 46.6 Å². The van der Waals surface area contributed by atoms with Crippen LogP contribution in [-0.2, 0) is 50.1 Å². The van der Waals surface area contributed by atoms with Gasteiger partial charge in [-0.1, -0.05) is 23.6 Å². The van der Waals surface area contributed by atoms with E-state index in [4.69, 9.17) is 16.6 Å². The number of carbonyl (C=O) groups is 1. The van der Waals surface area contributed by atoms with Gasteiger partial charge in [0.25, 0.3) is 18.8 Å². The maximum absolute atomic E-state index is 15.5. The van der Waals surface area contributed by atoms with Gasteiger partial charge in [-0.3, -0.25) is 18.9 Å². The molecule has 0 spiro atoms. The molecule has 22 heteroatoms. The van der Waals surface area contributed by atoms with Crippen LogP contribution in [0.15, 0.2) is 42.5 Å². The van der Waals surface area contributed by atoms with Gasteiger partial charge in [0.2, 0.25) is 10.0 Å². The lowest BCUT2D eigenvalue weighted by molar-refractivity contribution is -0.120. The highest BCUT2D eigenvalue weighted by Gasteiger charge is 2.67. The fourth-order valence-corrected chi connectivity index (χ4v) is 11.2. The number of nitrogens with zero attached hydrogens (tertiary/aromatic N) is 5. The van der Waals surface area contributed by atoms with E-state index in [2.05, 4.69) is 26.8 Å². The van der Waals surface area contributed by atoms with E-state index in [1.807, 2.05) is 0 Å². The Balaban J connectivity index is 1.32. The lowest BCUT2D eigenvalue weighted by atomic mass is 9.86. The Morgan fingerprint density at radius 1 is 0.969 bits per heavy atom. The number of anilines is 1. The Morgan fingerprint density at radius 3 is 2.28 bits per heavy atom. The summed E-state index contributed by atoms with van der Waals surface area (Å²) in [5.41, 5.74) is -2.16. The summed E-state index contributed by atoms with van der Waals surface area (Å²) < 4.78 is 171. The van der Waals surface area contributed by atoms with Crippen LogP contribution in [0.4, 0.5) is 40.9 Å². The fourth-order valence-electron chi connectivity index (χ4n) is 8.58. The molecule has 0 amide bonds. The van der Waals surface area contributed by atoms with Crippen LogP contribution in [0.25, 0.3) is 22.0 Å². The van der Waals surface area contributed by atoms with Gasteiger partial charge in [0.15, 0.2) is 21.4 Å². The number of alkyl halides is 6. The van der Waals surface area contributed by atoms with E-state index in [0.29, 0.717) is 23.6 Å². The van der Waals surface area contributed by atoms with Crippen LogP contribution in [0.1, 0.15) is 98.6 Å². The predicted octanol–water partition coefficient (Wildman–Crippen LogP) is 9.09. The number of pyridine rings is 1. The van der Waals surface area contributed by atoms with Crippen LogP contribution >= 0.6 is 11.6 Å². The van der Waals surface area contributed by atoms with Crippen LogP contribution in [0.2, 0.25) is 5.02 Å². The molecule has 3 heterocycles. The van der Waals surface area contributed by atoms with E-state index in [-0.39, 0.29) is 56.0 Å². The molecule has 346 valence electrons. The fraction of sp³-hybridized carbons (Fsp3) is 0.442. The molecule has 0 aliphatic heterocycles. The summed E-state index contributed by atoms with van der Waals surface area (Å²) in [5.74, 6) is -5.06. The van der Waals surface area contributed by atoms with Crippen molar-refractivity contribution < 1.29 is 56.8 Å². The maximum Gasteiger partial charge on any atom is 0.293 e. The average Bonchev–Trinajstić information content (AvgIpc) is 4.14. The standard InChI is InChI=1S/C43H39ClF8N6O5S2/c1-4-64(60,61)56-41-35-32(44)10-9-29(38(35)57(55-41)20-33(47)48)28-8-5-25(11-12-42(2,3)65(62,63)27-6-7-27)53-36(28)22(13-21-14-23(45)17-24(46)15-21)16-26(59)19-58-39-34(37(54-58)40(49)50)30-18-31(30)43(39,51)52/h5,8-10,14-15,17,22,27,30-31,33,40H,4,6-7,13,16,18-20H2,1-3H3,(H,55,56)/t22-,30+,31-/m1/s1. The lowest BCUT2D eigenvalue weighted by Gasteiger charge is -2.22. The molecule has 3 aromatic heterocycles. The Bertz CT molecular complexity index is 3030. The normalized spacial score (nSPS) is 18.4. The maximum atomic E-state index is 15.5. The molecule has 2 fully saturated rings. The summed E-state index contributed by atoms with van der Waals surface area (Å²) >= 11 is 6.61. The van der Waals surface area contributed by atoms with Crippen molar-refractivity contribution in [3.8, 4) is 23.0 Å². The number of ketones is 1. The summed E-state index contributed by atoms with van der Waals surface area (Å²) in [7, 11) is -7.80. The number of carbonyl (C=O) groups excluding carboxylic acids is 1. The number of benzene rings is 2. The number of hydrogen-bond acceptors (Lipinski definition) is 8. The van der Waals surface area contributed by atoms with Crippen LogP contribution < -0.4 is 4.72 Å². The first kappa shape index (κ1) is 46.5. The molecule has 3 aliphatic carbocycles. The number of fused-ring (bicyclic) bond motifs is 4. The van der Waals surface area contributed by atoms with E-state index in [0.717, 1.165) is 16.8 Å². The van der Waals surface area contributed by atoms with Crippen molar-refractivity contribution in [2.45, 2.75) is 107 Å². The third kappa shape index (κ3) is 8.85. The van der Waals surface area contributed by atoms with E-state index in [9.17, 15) is 48.0 Å². The molecular weight excluding hydrogens is 932 g/mol. The Labute approximate surface area is 372 Å². The number of hydrogen-bond donors (Lipinski definition) is 1. The number of nitrogens with one attached hydrogen (secondary N) is 1. The molecule has 65 heavy (non-hydrogen) atoms. The third-order valence-electron chi connectivity index (χ3n) is 11.9. The highest BCUT2D eigenvalue weighted by molar-refractivity contribution is 7.94. The molecule has 0 bridgehead atoms. The molecule has 3 atom stereocenters. The summed E-state index contributed by atoms with van der Waals surface area (Å²) in [6, 6.07) is 8.04. The minimum atomic E-state index is -4.06. The van der Waals surface area contributed by atoms with Gasteiger partial charge in [0.05, 0.1) is 32.6 Å². The number of rotatable bonds is 16. The zero-order chi connectivity index (χ0) is 47.1. The zero-order valence-electron chi connectivity index (χ0n) is 34.7. The summed E-state index contributed by atoms with van der Waals surface area (Å²) in [6.45, 7) is 2.17. The molecule has 0 unspecified atom stereocenters. The van der Waals surface area contributed by atoms with Crippen molar-refractivity contribution in [1.82, 2.24) is 24.5 Å². The minimum Gasteiger partial charge on any atom is -0.298 e. The van der Waals surface area contributed by atoms with Crippen LogP contribution in [0.5, 0.6) is 0 Å². The van der Waals surface area contributed by atoms with Crippen LogP contribution in [0, 0.1) is 29.4 Å². The molecule has 2 aromatic carbocycles. The third-order valence-corrected chi connectivity index (χ3v) is 16.4. The molecule has 0 radical (unpaired) electrons. The second-order valence-electron chi connectivity index (χ2n) is 17.0. The van der Waals surface area contributed by atoms with E-state index in [1.165, 1.54) is 45.0 Å². The first-order chi connectivity index (χ1) is 30.4. The van der Waals surface area contributed by atoms with Gasteiger partial charge in [-0.05, 0) is 94.2 Å². The average molecular weight is 971 g/mol. The number of aromatic nitrogens is 5. The van der Waals surface area contributed by atoms with Gasteiger partial charge in [-0.15, -0.1) is 0 Å². The van der Waals surface area contributed by atoms with Crippen molar-refractivity contribution in [2.75, 3.05) is 10.5 Å². The summed E-state index contributed by atoms with van der Waals surface area (Å²) in [6.07, 6.45) is -6.42. The quantitative estimate of drug-likeness (QED) is 0.0762. The monoisotopic (exact) mass is 970 g/mol. The second-order valence-corrected chi connectivity index (χ2v) is 22.2. The lowest BCUT2D eigenvalue weighted by Crippen LogP contribution is -2.33. The van der Waals surface area contributed by atoms with E-state index in [1.54, 1.807) is 0 Å². The van der Waals surface area contributed by atoms with Crippen molar-refractivity contribution >= 4 is 54.0 Å². The van der Waals surface area contributed by atoms with Crippen molar-refractivity contribution in [2.24, 2.45) is 5.92 Å².